The predicted octanol–water partition coefficient (Wildman–Crippen LogP) is 1.61. The fraction of sp³-hybridized carbons (Fsp3) is 0.889. The summed E-state index contributed by atoms with van der Waals surface area (Å²) >= 11 is 5.23. The first-order valence-corrected chi connectivity index (χ1v) is 5.02. The topological polar surface area (TPSA) is 15.3 Å². The van der Waals surface area contributed by atoms with E-state index in [1.165, 1.54) is 12.8 Å². The van der Waals surface area contributed by atoms with Crippen molar-refractivity contribution in [3.63, 3.8) is 0 Å². The van der Waals surface area contributed by atoms with Crippen molar-refractivity contribution < 1.29 is 0 Å². The second-order valence-electron chi connectivity index (χ2n) is 4.00. The zero-order valence-electron chi connectivity index (χ0n) is 8.13. The van der Waals surface area contributed by atoms with Crippen molar-refractivity contribution in [3.05, 3.63) is 0 Å². The Morgan fingerprint density at radius 3 is 2.58 bits per heavy atom. The molecule has 0 aromatic rings. The van der Waals surface area contributed by atoms with Crippen LogP contribution in [0.3, 0.4) is 0 Å². The Labute approximate surface area is 80.3 Å². The maximum absolute atomic E-state index is 5.23. The molecular weight excluding hydrogens is 168 g/mol. The molecule has 1 rings (SSSR count). The zero-order chi connectivity index (χ0) is 9.14. The summed E-state index contributed by atoms with van der Waals surface area (Å²) in [5.41, 5.74) is 0. The van der Waals surface area contributed by atoms with Gasteiger partial charge >= 0.3 is 0 Å². The molecular formula is C9H18N2S. The van der Waals surface area contributed by atoms with Crippen LogP contribution in [0, 0.1) is 5.92 Å². The first-order chi connectivity index (χ1) is 5.59. The van der Waals surface area contributed by atoms with Crippen LogP contribution in [0.25, 0.3) is 0 Å². The standard InChI is InChI=1S/C9H18N2S/c1-7(2)6-11(3)9(12)10-8-4-5-8/h7-8H,4-6H2,1-3H3,(H,10,12). The van der Waals surface area contributed by atoms with E-state index in [0.29, 0.717) is 12.0 Å². The van der Waals surface area contributed by atoms with Gasteiger partial charge < -0.3 is 10.2 Å². The molecule has 0 unspecified atom stereocenters. The van der Waals surface area contributed by atoms with Crippen molar-refractivity contribution in [2.75, 3.05) is 13.6 Å². The van der Waals surface area contributed by atoms with E-state index in [4.69, 9.17) is 12.2 Å². The SMILES string of the molecule is CC(C)CN(C)C(=S)NC1CC1. The van der Waals surface area contributed by atoms with Crippen molar-refractivity contribution in [2.24, 2.45) is 5.92 Å². The van der Waals surface area contributed by atoms with Crippen molar-refractivity contribution in [1.29, 1.82) is 0 Å². The Morgan fingerprint density at radius 2 is 2.17 bits per heavy atom. The highest BCUT2D eigenvalue weighted by Gasteiger charge is 2.22. The smallest absolute Gasteiger partial charge is 0.168 e. The highest BCUT2D eigenvalue weighted by atomic mass is 32.1. The molecule has 0 heterocycles. The van der Waals surface area contributed by atoms with Crippen LogP contribution in [0.1, 0.15) is 26.7 Å². The zero-order valence-corrected chi connectivity index (χ0v) is 8.95. The average molecular weight is 186 g/mol. The second-order valence-corrected chi connectivity index (χ2v) is 4.38. The fourth-order valence-electron chi connectivity index (χ4n) is 1.14. The predicted molar refractivity (Wildman–Crippen MR) is 56.2 cm³/mol. The van der Waals surface area contributed by atoms with Crippen LogP contribution in [-0.4, -0.2) is 29.6 Å². The summed E-state index contributed by atoms with van der Waals surface area (Å²) in [4.78, 5) is 2.12. The summed E-state index contributed by atoms with van der Waals surface area (Å²) < 4.78 is 0. The number of rotatable bonds is 3. The lowest BCUT2D eigenvalue weighted by molar-refractivity contribution is 0.418. The Hall–Kier alpha value is -0.310. The molecule has 0 bridgehead atoms. The summed E-state index contributed by atoms with van der Waals surface area (Å²) in [6.45, 7) is 5.45. The highest BCUT2D eigenvalue weighted by Crippen LogP contribution is 2.18. The number of hydrogen-bond donors (Lipinski definition) is 1. The van der Waals surface area contributed by atoms with Gasteiger partial charge in [-0.25, -0.2) is 0 Å². The minimum atomic E-state index is 0.673. The highest BCUT2D eigenvalue weighted by molar-refractivity contribution is 7.80. The van der Waals surface area contributed by atoms with Gasteiger partial charge in [0, 0.05) is 19.6 Å². The molecule has 1 saturated carbocycles. The molecule has 0 aromatic carbocycles. The van der Waals surface area contributed by atoms with E-state index >= 15 is 0 Å². The Balaban J connectivity index is 2.19. The molecule has 2 nitrogen and oxygen atoms in total. The van der Waals surface area contributed by atoms with Crippen LogP contribution in [-0.2, 0) is 0 Å². The molecule has 0 aliphatic heterocycles. The van der Waals surface area contributed by atoms with Gasteiger partial charge in [0.05, 0.1) is 0 Å². The molecule has 0 spiro atoms. The van der Waals surface area contributed by atoms with Gasteiger partial charge in [-0.3, -0.25) is 0 Å². The van der Waals surface area contributed by atoms with Crippen molar-refractivity contribution in [3.8, 4) is 0 Å². The van der Waals surface area contributed by atoms with E-state index < -0.39 is 0 Å². The van der Waals surface area contributed by atoms with E-state index in [1.54, 1.807) is 0 Å². The molecule has 1 N–H and O–H groups in total. The van der Waals surface area contributed by atoms with E-state index in [2.05, 4.69) is 31.1 Å². The van der Waals surface area contributed by atoms with Crippen molar-refractivity contribution >= 4 is 17.3 Å². The van der Waals surface area contributed by atoms with Crippen LogP contribution in [0.4, 0.5) is 0 Å². The van der Waals surface area contributed by atoms with Gasteiger partial charge in [0.15, 0.2) is 5.11 Å². The van der Waals surface area contributed by atoms with Crippen molar-refractivity contribution in [2.45, 2.75) is 32.7 Å². The van der Waals surface area contributed by atoms with E-state index in [-0.39, 0.29) is 0 Å². The summed E-state index contributed by atoms with van der Waals surface area (Å²) in [7, 11) is 2.05. The second kappa shape index (κ2) is 4.08. The Morgan fingerprint density at radius 1 is 1.58 bits per heavy atom. The molecule has 70 valence electrons. The van der Waals surface area contributed by atoms with E-state index in [1.807, 2.05) is 0 Å². The van der Waals surface area contributed by atoms with Crippen LogP contribution in [0.15, 0.2) is 0 Å². The molecule has 0 atom stereocenters. The summed E-state index contributed by atoms with van der Waals surface area (Å²) in [5.74, 6) is 0.675. The number of hydrogen-bond acceptors (Lipinski definition) is 1. The number of nitrogens with zero attached hydrogens (tertiary/aromatic N) is 1. The summed E-state index contributed by atoms with van der Waals surface area (Å²) in [6.07, 6.45) is 2.57. The maximum atomic E-state index is 5.23. The van der Waals surface area contributed by atoms with Crippen LogP contribution >= 0.6 is 12.2 Å². The molecule has 1 aliphatic rings. The lowest BCUT2D eigenvalue weighted by Crippen LogP contribution is -2.39. The molecule has 1 fully saturated rings. The van der Waals surface area contributed by atoms with Gasteiger partial charge in [0.25, 0.3) is 0 Å². The minimum absolute atomic E-state index is 0.673. The minimum Gasteiger partial charge on any atom is -0.360 e. The molecule has 1 aliphatic carbocycles. The fourth-order valence-corrected chi connectivity index (χ4v) is 1.38. The first kappa shape index (κ1) is 9.78. The lowest BCUT2D eigenvalue weighted by Gasteiger charge is -2.22. The van der Waals surface area contributed by atoms with Gasteiger partial charge in [-0.2, -0.15) is 0 Å². The maximum Gasteiger partial charge on any atom is 0.168 e. The molecule has 0 radical (unpaired) electrons. The molecule has 12 heavy (non-hydrogen) atoms. The third-order valence-electron chi connectivity index (χ3n) is 1.89. The number of nitrogens with one attached hydrogen (secondary N) is 1. The first-order valence-electron chi connectivity index (χ1n) is 4.61. The largest absolute Gasteiger partial charge is 0.360 e. The average Bonchev–Trinajstić information content (AvgIpc) is 2.70. The van der Waals surface area contributed by atoms with Crippen LogP contribution in [0.2, 0.25) is 0 Å². The van der Waals surface area contributed by atoms with Gasteiger partial charge in [-0.05, 0) is 31.0 Å². The van der Waals surface area contributed by atoms with Crippen LogP contribution in [0.5, 0.6) is 0 Å². The lowest BCUT2D eigenvalue weighted by atomic mass is 10.2. The molecule has 0 aromatic heterocycles. The quantitative estimate of drug-likeness (QED) is 0.674. The number of thiocarbonyl (C=S) groups is 1. The van der Waals surface area contributed by atoms with E-state index in [9.17, 15) is 0 Å². The normalized spacial score (nSPS) is 16.3. The van der Waals surface area contributed by atoms with E-state index in [0.717, 1.165) is 11.7 Å². The summed E-state index contributed by atoms with van der Waals surface area (Å²) in [6, 6.07) is 0.673. The molecule has 0 amide bonds. The summed E-state index contributed by atoms with van der Waals surface area (Å²) in [5, 5.41) is 4.22. The molecule has 3 heteroatoms. The molecule has 0 saturated heterocycles. The van der Waals surface area contributed by atoms with Gasteiger partial charge in [0.2, 0.25) is 0 Å². The van der Waals surface area contributed by atoms with Crippen LogP contribution < -0.4 is 5.32 Å². The monoisotopic (exact) mass is 186 g/mol. The van der Waals surface area contributed by atoms with Gasteiger partial charge in [0.1, 0.15) is 0 Å². The Bertz CT molecular complexity index is 164. The van der Waals surface area contributed by atoms with Crippen molar-refractivity contribution in [1.82, 2.24) is 10.2 Å². The third-order valence-corrected chi connectivity index (χ3v) is 2.32. The van der Waals surface area contributed by atoms with Gasteiger partial charge in [-0.1, -0.05) is 13.8 Å². The Kier molecular flexibility index (Phi) is 3.32. The third kappa shape index (κ3) is 3.39. The van der Waals surface area contributed by atoms with Gasteiger partial charge in [-0.15, -0.1) is 0 Å².